The molecule has 56 heavy (non-hydrogen) atoms. The van der Waals surface area contributed by atoms with Gasteiger partial charge < -0.3 is 28.8 Å². The second-order valence-corrected chi connectivity index (χ2v) is 14.4. The summed E-state index contributed by atoms with van der Waals surface area (Å²) < 4.78 is 27.9. The molecule has 1 N–H and O–H groups in total. The number of aldehydes is 1. The Balaban J connectivity index is 2.54. The zero-order valence-corrected chi connectivity index (χ0v) is 33.7. The molecule has 0 aromatic heterocycles. The van der Waals surface area contributed by atoms with E-state index in [0.717, 1.165) is 22.3 Å². The van der Waals surface area contributed by atoms with Crippen molar-refractivity contribution < 1.29 is 57.6 Å². The molecule has 12 heteroatoms. The van der Waals surface area contributed by atoms with Crippen molar-refractivity contribution >= 4 is 36.1 Å². The van der Waals surface area contributed by atoms with E-state index < -0.39 is 54.7 Å². The smallest absolute Gasteiger partial charge is 0.336 e. The van der Waals surface area contributed by atoms with Crippen molar-refractivity contribution in [2.45, 2.75) is 111 Å². The highest BCUT2D eigenvalue weighted by Crippen LogP contribution is 2.38. The van der Waals surface area contributed by atoms with Gasteiger partial charge in [-0.05, 0) is 88.9 Å². The van der Waals surface area contributed by atoms with Gasteiger partial charge in [0, 0.05) is 30.6 Å². The Labute approximate surface area is 330 Å². The predicted octanol–water partition coefficient (Wildman–Crippen LogP) is 6.80. The number of aliphatic hydroxyl groups excluding tert-OH is 1. The van der Waals surface area contributed by atoms with Crippen LogP contribution in [0.15, 0.2) is 94.7 Å². The van der Waals surface area contributed by atoms with Crippen molar-refractivity contribution in [3.8, 4) is 0 Å². The van der Waals surface area contributed by atoms with Crippen LogP contribution in [0.4, 0.5) is 0 Å². The number of carbonyl (C=O) groups excluding carboxylic acids is 6. The molecule has 0 aromatic carbocycles. The van der Waals surface area contributed by atoms with E-state index in [2.05, 4.69) is 19.7 Å². The third-order valence-electron chi connectivity index (χ3n) is 9.50. The van der Waals surface area contributed by atoms with Crippen molar-refractivity contribution in [2.75, 3.05) is 19.8 Å². The normalized spacial score (nSPS) is 22.4. The molecule has 0 aromatic rings. The van der Waals surface area contributed by atoms with Gasteiger partial charge in [-0.3, -0.25) is 14.4 Å². The maximum Gasteiger partial charge on any atom is 0.336 e. The minimum atomic E-state index is -1.49. The summed E-state index contributed by atoms with van der Waals surface area (Å²) in [6, 6.07) is 0. The third kappa shape index (κ3) is 15.6. The minimum Gasteiger partial charge on any atom is -0.462 e. The Bertz CT molecular complexity index is 1670. The number of rotatable bonds is 20. The molecular weight excluding hydrogens is 720 g/mol. The fourth-order valence-electron chi connectivity index (χ4n) is 5.94. The summed E-state index contributed by atoms with van der Waals surface area (Å²) in [5.41, 5.74) is 3.57. The van der Waals surface area contributed by atoms with Gasteiger partial charge in [-0.1, -0.05) is 68.5 Å². The molecule has 4 atom stereocenters. The van der Waals surface area contributed by atoms with Gasteiger partial charge in [0.2, 0.25) is 0 Å². The molecule has 1 heterocycles. The lowest BCUT2D eigenvalue weighted by Crippen LogP contribution is -2.45. The first kappa shape index (κ1) is 47.1. The van der Waals surface area contributed by atoms with Crippen LogP contribution < -0.4 is 0 Å². The topological polar surface area (TPSA) is 169 Å². The van der Waals surface area contributed by atoms with Gasteiger partial charge in [0.1, 0.15) is 25.6 Å². The molecule has 0 amide bonds. The number of fused-ring (bicyclic) bond motifs is 1. The van der Waals surface area contributed by atoms with Crippen LogP contribution in [-0.2, 0) is 52.5 Å². The van der Waals surface area contributed by atoms with Crippen molar-refractivity contribution in [3.63, 3.8) is 0 Å². The van der Waals surface area contributed by atoms with Gasteiger partial charge in [-0.25, -0.2) is 14.4 Å². The first-order chi connectivity index (χ1) is 26.5. The highest BCUT2D eigenvalue weighted by atomic mass is 16.6. The van der Waals surface area contributed by atoms with Crippen LogP contribution in [0.3, 0.4) is 0 Å². The van der Waals surface area contributed by atoms with E-state index >= 15 is 0 Å². The lowest BCUT2D eigenvalue weighted by molar-refractivity contribution is -0.165. The van der Waals surface area contributed by atoms with Gasteiger partial charge in [0.15, 0.2) is 12.2 Å². The average Bonchev–Trinajstić information content (AvgIpc) is 3.41. The molecule has 2 aliphatic rings. The van der Waals surface area contributed by atoms with Crippen molar-refractivity contribution in [1.82, 2.24) is 0 Å². The first-order valence-corrected chi connectivity index (χ1v) is 18.9. The molecular formula is C44H58O12. The van der Waals surface area contributed by atoms with E-state index in [9.17, 15) is 33.9 Å². The highest BCUT2D eigenvalue weighted by molar-refractivity contribution is 5.93. The molecule has 0 unspecified atom stereocenters. The zero-order valence-electron chi connectivity index (χ0n) is 33.7. The Morgan fingerprint density at radius 2 is 1.62 bits per heavy atom. The molecule has 1 aliphatic heterocycles. The molecule has 2 rings (SSSR count). The van der Waals surface area contributed by atoms with Crippen molar-refractivity contribution in [3.05, 3.63) is 94.7 Å². The van der Waals surface area contributed by atoms with Crippen LogP contribution in [0.5, 0.6) is 0 Å². The summed E-state index contributed by atoms with van der Waals surface area (Å²) in [5, 5.41) is 9.64. The summed E-state index contributed by atoms with van der Waals surface area (Å²) >= 11 is 0. The maximum atomic E-state index is 14.3. The molecule has 0 bridgehead atoms. The average molecular weight is 779 g/mol. The second kappa shape index (κ2) is 23.7. The summed E-state index contributed by atoms with van der Waals surface area (Å²) in [6.45, 7) is 21.6. The van der Waals surface area contributed by atoms with Crippen LogP contribution >= 0.6 is 0 Å². The minimum absolute atomic E-state index is 0.0149. The van der Waals surface area contributed by atoms with Crippen molar-refractivity contribution in [2.24, 2.45) is 11.8 Å². The van der Waals surface area contributed by atoms with E-state index in [1.54, 1.807) is 18.2 Å². The molecule has 12 nitrogen and oxygen atoms in total. The summed E-state index contributed by atoms with van der Waals surface area (Å²) in [4.78, 5) is 75.7. The van der Waals surface area contributed by atoms with Crippen LogP contribution in [0.25, 0.3) is 0 Å². The number of aliphatic hydroxyl groups is 1. The van der Waals surface area contributed by atoms with E-state index in [-0.39, 0.29) is 53.8 Å². The molecule has 1 fully saturated rings. The third-order valence-corrected chi connectivity index (χ3v) is 9.50. The Kier molecular flexibility index (Phi) is 19.9. The lowest BCUT2D eigenvalue weighted by Gasteiger charge is -2.33. The Morgan fingerprint density at radius 1 is 0.946 bits per heavy atom. The second-order valence-electron chi connectivity index (χ2n) is 14.4. The maximum absolute atomic E-state index is 14.3. The standard InChI is InChI=1S/C44H58O12/c1-27(2)30(5)19-20-36(17-12-16-35(26-53-34(9)48)15-10-13-28(3)21-22-52-33(8)47)44(51)55-40-37(25-46)18-11-14-29(4)23-38-39(32(7)43(50)54-38)41(40)56-42(49)31(6)24-45/h15,17-18,21,23,25,27,38-41,45H,5-7,10-14,16,19-20,22,24,26H2,1-4,8-9H3/b28-21-,29-23+,35-15-,36-17-,37-18-/t38-,39+,40+,41+/m1/s1. The summed E-state index contributed by atoms with van der Waals surface area (Å²) in [7, 11) is 0. The van der Waals surface area contributed by atoms with Gasteiger partial charge in [0.25, 0.3) is 0 Å². The van der Waals surface area contributed by atoms with Gasteiger partial charge in [0.05, 0.1) is 18.1 Å². The predicted molar refractivity (Wildman–Crippen MR) is 211 cm³/mol. The molecule has 0 saturated carbocycles. The lowest BCUT2D eigenvalue weighted by atomic mass is 9.83. The highest BCUT2D eigenvalue weighted by Gasteiger charge is 2.50. The number of allylic oxidation sites excluding steroid dienone is 6. The molecule has 306 valence electrons. The van der Waals surface area contributed by atoms with E-state index in [4.69, 9.17) is 23.7 Å². The largest absolute Gasteiger partial charge is 0.462 e. The number of hydrogen-bond acceptors (Lipinski definition) is 12. The number of ether oxygens (including phenoxy) is 5. The van der Waals surface area contributed by atoms with Gasteiger partial charge in [-0.15, -0.1) is 0 Å². The molecule has 1 saturated heterocycles. The SMILES string of the molecule is C=C(CO)C(=O)O[C@H]1[C@H]2C(=C)C(=O)O[C@@H]2/C=C(\C)CC/C=C(/C=O)[C@@H]1OC(=O)/C(=C\CC/C(=C/CC/C(C)=C\COC(C)=O)COC(C)=O)CCC(=C)C(C)C. The quantitative estimate of drug-likeness (QED) is 0.0452. The van der Waals surface area contributed by atoms with Crippen LogP contribution in [0.1, 0.15) is 92.9 Å². The molecule has 0 spiro atoms. The number of esters is 5. The van der Waals surface area contributed by atoms with Gasteiger partial charge in [-0.2, -0.15) is 0 Å². The van der Waals surface area contributed by atoms with Gasteiger partial charge >= 0.3 is 29.8 Å². The monoisotopic (exact) mass is 778 g/mol. The van der Waals surface area contributed by atoms with Crippen molar-refractivity contribution in [1.29, 1.82) is 0 Å². The fraction of sp³-hybridized carbons (Fsp3) is 0.500. The number of carbonyl (C=O) groups is 6. The molecule has 0 radical (unpaired) electrons. The van der Waals surface area contributed by atoms with E-state index in [0.29, 0.717) is 51.2 Å². The summed E-state index contributed by atoms with van der Waals surface area (Å²) in [5.74, 6) is -4.23. The molecule has 1 aliphatic carbocycles. The first-order valence-electron chi connectivity index (χ1n) is 18.9. The van der Waals surface area contributed by atoms with E-state index in [1.807, 2.05) is 39.8 Å². The number of hydrogen-bond donors (Lipinski definition) is 1. The van der Waals surface area contributed by atoms with E-state index in [1.165, 1.54) is 13.8 Å². The van der Waals surface area contributed by atoms with Crippen LogP contribution in [0, 0.1) is 11.8 Å². The Hall–Kier alpha value is -5.10. The van der Waals surface area contributed by atoms with Crippen LogP contribution in [-0.4, -0.2) is 79.4 Å². The summed E-state index contributed by atoms with van der Waals surface area (Å²) in [6.07, 6.45) is 9.18. The fourth-order valence-corrected chi connectivity index (χ4v) is 5.94. The zero-order chi connectivity index (χ0) is 41.9. The Morgan fingerprint density at radius 3 is 2.25 bits per heavy atom. The van der Waals surface area contributed by atoms with Crippen LogP contribution in [0.2, 0.25) is 0 Å².